The summed E-state index contributed by atoms with van der Waals surface area (Å²) in [5, 5.41) is 5.70. The molecule has 2 atom stereocenters. The molecule has 0 aromatic heterocycles. The minimum atomic E-state index is -0.931. The normalized spacial score (nSPS) is 13.4. The topological polar surface area (TPSA) is 87.7 Å². The van der Waals surface area contributed by atoms with Crippen LogP contribution in [-0.2, 0) is 14.3 Å². The van der Waals surface area contributed by atoms with E-state index in [-0.39, 0.29) is 5.91 Å². The van der Waals surface area contributed by atoms with Crippen molar-refractivity contribution in [3.63, 3.8) is 0 Å². The molecule has 3 amide bonds. The molecule has 0 saturated carbocycles. The van der Waals surface area contributed by atoms with Crippen molar-refractivity contribution < 1.29 is 19.1 Å². The Kier molecular flexibility index (Phi) is 8.94. The number of ether oxygens (including phenoxy) is 1. The van der Waals surface area contributed by atoms with Crippen molar-refractivity contribution in [3.05, 3.63) is 64.7 Å². The number of para-hydroxylation sites is 1. The van der Waals surface area contributed by atoms with Crippen molar-refractivity contribution in [2.45, 2.75) is 92.5 Å². The van der Waals surface area contributed by atoms with Gasteiger partial charge in [-0.15, -0.1) is 0 Å². The van der Waals surface area contributed by atoms with Crippen LogP contribution < -0.4 is 10.6 Å². The number of hydrogen-bond acceptors (Lipinski definition) is 4. The van der Waals surface area contributed by atoms with Gasteiger partial charge in [0.2, 0.25) is 5.91 Å². The first kappa shape index (κ1) is 28.9. The van der Waals surface area contributed by atoms with Gasteiger partial charge >= 0.3 is 6.09 Å². The van der Waals surface area contributed by atoms with Crippen LogP contribution in [0.5, 0.6) is 0 Å². The van der Waals surface area contributed by atoms with E-state index in [2.05, 4.69) is 10.6 Å². The zero-order valence-corrected chi connectivity index (χ0v) is 23.3. The van der Waals surface area contributed by atoms with Gasteiger partial charge in [-0.05, 0) is 85.9 Å². The summed E-state index contributed by atoms with van der Waals surface area (Å²) in [7, 11) is 0. The predicted molar refractivity (Wildman–Crippen MR) is 144 cm³/mol. The molecule has 2 N–H and O–H groups in total. The number of aryl methyl sites for hydroxylation is 3. The van der Waals surface area contributed by atoms with Gasteiger partial charge < -0.3 is 20.3 Å². The van der Waals surface area contributed by atoms with Crippen LogP contribution in [0.25, 0.3) is 0 Å². The number of alkyl carbamates (subject to hydrolysis) is 1. The number of benzene rings is 2. The maximum absolute atomic E-state index is 13.9. The Morgan fingerprint density at radius 1 is 0.889 bits per heavy atom. The van der Waals surface area contributed by atoms with Gasteiger partial charge in [0, 0.05) is 11.2 Å². The highest BCUT2D eigenvalue weighted by atomic mass is 16.6. The smallest absolute Gasteiger partial charge is 0.408 e. The summed E-state index contributed by atoms with van der Waals surface area (Å²) in [6, 6.07) is 11.5. The van der Waals surface area contributed by atoms with Crippen LogP contribution in [-0.4, -0.2) is 40.0 Å². The molecule has 0 aliphatic heterocycles. The van der Waals surface area contributed by atoms with Crippen LogP contribution in [0.2, 0.25) is 0 Å². The maximum Gasteiger partial charge on any atom is 0.408 e. The fourth-order valence-electron chi connectivity index (χ4n) is 4.06. The Labute approximate surface area is 215 Å². The number of rotatable bonds is 6. The Hall–Kier alpha value is -3.35. The lowest BCUT2D eigenvalue weighted by atomic mass is 9.94. The molecular weight excluding hydrogens is 454 g/mol. The Bertz CT molecular complexity index is 1090. The monoisotopic (exact) mass is 495 g/mol. The van der Waals surface area contributed by atoms with Crippen LogP contribution in [0.3, 0.4) is 0 Å². The van der Waals surface area contributed by atoms with Gasteiger partial charge in [0.1, 0.15) is 17.7 Å². The van der Waals surface area contributed by atoms with E-state index < -0.39 is 35.2 Å². The van der Waals surface area contributed by atoms with Crippen LogP contribution in [0, 0.1) is 20.8 Å². The van der Waals surface area contributed by atoms with Gasteiger partial charge in [0.25, 0.3) is 5.91 Å². The second-order valence-electron chi connectivity index (χ2n) is 11.3. The van der Waals surface area contributed by atoms with Crippen LogP contribution in [0.4, 0.5) is 10.5 Å². The molecule has 0 radical (unpaired) electrons. The van der Waals surface area contributed by atoms with Crippen molar-refractivity contribution in [2.24, 2.45) is 0 Å². The molecule has 0 bridgehead atoms. The molecule has 2 rings (SSSR count). The van der Waals surface area contributed by atoms with Gasteiger partial charge in [0.05, 0.1) is 0 Å². The van der Waals surface area contributed by atoms with Gasteiger partial charge in [-0.25, -0.2) is 4.79 Å². The molecule has 2 aromatic rings. The van der Waals surface area contributed by atoms with Crippen LogP contribution in [0.1, 0.15) is 76.8 Å². The van der Waals surface area contributed by atoms with Gasteiger partial charge in [-0.1, -0.05) is 48.0 Å². The second kappa shape index (κ2) is 11.1. The number of amides is 3. The zero-order valence-electron chi connectivity index (χ0n) is 23.3. The first-order valence-electron chi connectivity index (χ1n) is 12.3. The zero-order chi connectivity index (χ0) is 27.4. The van der Waals surface area contributed by atoms with Crippen LogP contribution >= 0.6 is 0 Å². The quantitative estimate of drug-likeness (QED) is 0.528. The first-order valence-corrected chi connectivity index (χ1v) is 12.3. The number of hydrogen-bond donors (Lipinski definition) is 2. The number of nitrogens with zero attached hydrogens (tertiary/aromatic N) is 1. The molecule has 2 unspecified atom stereocenters. The summed E-state index contributed by atoms with van der Waals surface area (Å²) in [5.74, 6) is -0.720. The van der Waals surface area contributed by atoms with Crippen molar-refractivity contribution in [3.8, 4) is 0 Å². The summed E-state index contributed by atoms with van der Waals surface area (Å²) < 4.78 is 5.34. The summed E-state index contributed by atoms with van der Waals surface area (Å²) >= 11 is 0. The van der Waals surface area contributed by atoms with E-state index in [1.165, 1.54) is 0 Å². The average molecular weight is 496 g/mol. The van der Waals surface area contributed by atoms with E-state index >= 15 is 0 Å². The second-order valence-corrected chi connectivity index (χ2v) is 11.3. The first-order chi connectivity index (χ1) is 16.5. The SMILES string of the molecule is Cc1cccc(C(C(=O)Nc2c(C)cccc2C)N(C(=O)C(C)NC(=O)OC(C)(C)C)C(C)(C)C)c1. The lowest BCUT2D eigenvalue weighted by Gasteiger charge is -2.42. The molecule has 2 aromatic carbocycles. The van der Waals surface area contributed by atoms with E-state index in [1.54, 1.807) is 32.6 Å². The molecule has 7 heteroatoms. The van der Waals surface area contributed by atoms with E-state index in [1.807, 2.05) is 84.0 Å². The largest absolute Gasteiger partial charge is 0.444 e. The van der Waals surface area contributed by atoms with Crippen molar-refractivity contribution in [1.29, 1.82) is 0 Å². The molecule has 36 heavy (non-hydrogen) atoms. The lowest BCUT2D eigenvalue weighted by molar-refractivity contribution is -0.146. The molecule has 196 valence electrons. The standard InChI is InChI=1S/C29H41N3O4/c1-18-13-11-16-22(17-18)24(25(33)31-23-19(2)14-12-15-20(23)3)32(28(5,6)7)26(34)21(4)30-27(35)36-29(8,9)10/h11-17,21,24H,1-10H3,(H,30,35)(H,31,33). The molecule has 0 heterocycles. The fourth-order valence-corrected chi connectivity index (χ4v) is 4.06. The third-order valence-electron chi connectivity index (χ3n) is 5.66. The molecule has 0 spiro atoms. The van der Waals surface area contributed by atoms with E-state index in [4.69, 9.17) is 4.74 Å². The van der Waals surface area contributed by atoms with Crippen LogP contribution in [0.15, 0.2) is 42.5 Å². The van der Waals surface area contributed by atoms with Gasteiger partial charge in [-0.2, -0.15) is 0 Å². The number of carbonyl (C=O) groups is 3. The van der Waals surface area contributed by atoms with E-state index in [0.717, 1.165) is 22.4 Å². The summed E-state index contributed by atoms with van der Waals surface area (Å²) in [4.78, 5) is 41.7. The van der Waals surface area contributed by atoms with Gasteiger partial charge in [-0.3, -0.25) is 9.59 Å². The lowest BCUT2D eigenvalue weighted by Crippen LogP contribution is -2.57. The van der Waals surface area contributed by atoms with Crippen molar-refractivity contribution in [2.75, 3.05) is 5.32 Å². The molecule has 0 aliphatic rings. The molecule has 0 aliphatic carbocycles. The highest BCUT2D eigenvalue weighted by Crippen LogP contribution is 2.32. The summed E-state index contributed by atoms with van der Waals surface area (Å²) in [5.41, 5.74) is 2.80. The third-order valence-corrected chi connectivity index (χ3v) is 5.66. The predicted octanol–water partition coefficient (Wildman–Crippen LogP) is 5.83. The summed E-state index contributed by atoms with van der Waals surface area (Å²) in [6.45, 7) is 18.3. The van der Waals surface area contributed by atoms with Crippen molar-refractivity contribution >= 4 is 23.6 Å². The number of anilines is 1. The minimum Gasteiger partial charge on any atom is -0.444 e. The maximum atomic E-state index is 13.9. The minimum absolute atomic E-state index is 0.328. The highest BCUT2D eigenvalue weighted by Gasteiger charge is 2.41. The Morgan fingerprint density at radius 3 is 1.94 bits per heavy atom. The Balaban J connectivity index is 2.53. The number of carbonyl (C=O) groups excluding carboxylic acids is 3. The van der Waals surface area contributed by atoms with Gasteiger partial charge in [0.15, 0.2) is 0 Å². The van der Waals surface area contributed by atoms with E-state index in [9.17, 15) is 14.4 Å². The average Bonchev–Trinajstić information content (AvgIpc) is 2.71. The molecular formula is C29H41N3O4. The molecule has 0 fully saturated rings. The summed E-state index contributed by atoms with van der Waals surface area (Å²) in [6.07, 6.45) is -0.690. The third kappa shape index (κ3) is 7.57. The number of nitrogens with one attached hydrogen (secondary N) is 2. The Morgan fingerprint density at radius 2 is 1.44 bits per heavy atom. The van der Waals surface area contributed by atoms with E-state index in [0.29, 0.717) is 5.56 Å². The van der Waals surface area contributed by atoms with Crippen molar-refractivity contribution in [1.82, 2.24) is 10.2 Å². The molecule has 7 nitrogen and oxygen atoms in total. The highest BCUT2D eigenvalue weighted by molar-refractivity contribution is 6.00. The fraction of sp³-hybridized carbons (Fsp3) is 0.483. The molecule has 0 saturated heterocycles.